The molecule has 0 saturated heterocycles. The van der Waals surface area contributed by atoms with E-state index in [0.717, 1.165) is 20.1 Å². The van der Waals surface area contributed by atoms with Crippen LogP contribution in [0.5, 0.6) is 0 Å². The van der Waals surface area contributed by atoms with Crippen LogP contribution >= 0.6 is 95.6 Å². The van der Waals surface area contributed by atoms with E-state index in [1.54, 1.807) is 0 Å². The first-order valence-electron chi connectivity index (χ1n) is 5.54. The molecule has 106 valence electrons. The normalized spacial score (nSPS) is 14.9. The Bertz CT molecular complexity index is 605. The minimum atomic E-state index is -0.551. The number of benzene rings is 2. The second kappa shape index (κ2) is 6.83. The predicted molar refractivity (Wildman–Crippen MR) is 108 cm³/mol. The monoisotopic (exact) mass is 650 g/mol. The van der Waals surface area contributed by atoms with E-state index in [9.17, 15) is 0 Å². The van der Waals surface area contributed by atoms with Crippen molar-refractivity contribution in [1.82, 2.24) is 0 Å². The Balaban J connectivity index is 2.75. The van der Waals surface area contributed by atoms with E-state index in [1.807, 2.05) is 30.3 Å². The van der Waals surface area contributed by atoms with Crippen molar-refractivity contribution in [3.63, 3.8) is 0 Å². The maximum absolute atomic E-state index is 3.92. The number of halogens is 6. The van der Waals surface area contributed by atoms with Crippen molar-refractivity contribution in [2.24, 2.45) is 0 Å². The van der Waals surface area contributed by atoms with E-state index in [2.05, 4.69) is 114 Å². The van der Waals surface area contributed by atoms with Gasteiger partial charge in [0.2, 0.25) is 0 Å². The molecule has 0 fully saturated rings. The molecular formula is C14H8Br6. The van der Waals surface area contributed by atoms with Crippen molar-refractivity contribution in [3.05, 3.63) is 68.6 Å². The Morgan fingerprint density at radius 3 is 1.85 bits per heavy atom. The van der Waals surface area contributed by atoms with Crippen LogP contribution in [-0.4, -0.2) is 2.14 Å². The third-order valence-electron chi connectivity index (χ3n) is 2.88. The van der Waals surface area contributed by atoms with Crippen LogP contribution in [0.3, 0.4) is 0 Å². The van der Waals surface area contributed by atoms with Gasteiger partial charge in [-0.3, -0.25) is 0 Å². The van der Waals surface area contributed by atoms with Gasteiger partial charge in [-0.15, -0.1) is 0 Å². The standard InChI is InChI=1S/C14H8Br6/c15-11-8-4-7-10(12(11)16)13(17,14(18,19)20)9-5-2-1-3-6-9/h1-8H. The number of alkyl halides is 4. The number of rotatable bonds is 2. The Morgan fingerprint density at radius 2 is 1.30 bits per heavy atom. The molecule has 1 atom stereocenters. The molecule has 0 aromatic heterocycles. The van der Waals surface area contributed by atoms with Crippen molar-refractivity contribution in [2.45, 2.75) is 6.47 Å². The lowest BCUT2D eigenvalue weighted by atomic mass is 9.93. The molecule has 0 aliphatic rings. The maximum atomic E-state index is 3.92. The molecule has 0 radical (unpaired) electrons. The SMILES string of the molecule is Brc1cccc(C(Br)(c2ccccc2)C(Br)(Br)Br)c1Br. The Morgan fingerprint density at radius 1 is 0.700 bits per heavy atom. The summed E-state index contributed by atoms with van der Waals surface area (Å²) in [5.41, 5.74) is 2.20. The molecule has 0 N–H and O–H groups in total. The Labute approximate surface area is 168 Å². The molecule has 0 aliphatic heterocycles. The predicted octanol–water partition coefficient (Wildman–Crippen LogP) is 7.69. The van der Waals surface area contributed by atoms with Gasteiger partial charge < -0.3 is 0 Å². The Hall–Kier alpha value is 1.32. The summed E-state index contributed by atoms with van der Waals surface area (Å²) in [6, 6.07) is 16.3. The summed E-state index contributed by atoms with van der Waals surface area (Å²) in [5.74, 6) is 0. The van der Waals surface area contributed by atoms with Gasteiger partial charge in [-0.05, 0) is 49.1 Å². The first-order chi connectivity index (χ1) is 9.28. The third kappa shape index (κ3) is 3.30. The smallest absolute Gasteiger partial charge is 0.0713 e. The van der Waals surface area contributed by atoms with Crippen LogP contribution in [0.25, 0.3) is 0 Å². The summed E-state index contributed by atoms with van der Waals surface area (Å²) in [6.45, 7) is 0. The van der Waals surface area contributed by atoms with Crippen LogP contribution in [0, 0.1) is 0 Å². The summed E-state index contributed by atoms with van der Waals surface area (Å²) >= 11 is 22.2. The van der Waals surface area contributed by atoms with Gasteiger partial charge in [0, 0.05) is 8.95 Å². The van der Waals surface area contributed by atoms with E-state index >= 15 is 0 Å². The number of hydrogen-bond acceptors (Lipinski definition) is 0. The van der Waals surface area contributed by atoms with Crippen LogP contribution < -0.4 is 0 Å². The summed E-state index contributed by atoms with van der Waals surface area (Å²) in [5, 5.41) is 0. The van der Waals surface area contributed by atoms with Crippen LogP contribution in [0.15, 0.2) is 57.5 Å². The highest BCUT2D eigenvalue weighted by Crippen LogP contribution is 2.60. The van der Waals surface area contributed by atoms with Gasteiger partial charge in [-0.2, -0.15) is 0 Å². The highest BCUT2D eigenvalue weighted by Gasteiger charge is 2.48. The first kappa shape index (κ1) is 17.7. The molecular weight excluding hydrogens is 648 g/mol. The topological polar surface area (TPSA) is 0 Å². The quantitative estimate of drug-likeness (QED) is 0.291. The van der Waals surface area contributed by atoms with Crippen molar-refractivity contribution in [2.75, 3.05) is 0 Å². The van der Waals surface area contributed by atoms with Crippen LogP contribution in [0.1, 0.15) is 11.1 Å². The number of hydrogen-bond donors (Lipinski definition) is 0. The zero-order valence-electron chi connectivity index (χ0n) is 9.89. The average molecular weight is 656 g/mol. The molecule has 1 unspecified atom stereocenters. The van der Waals surface area contributed by atoms with Gasteiger partial charge in [0.15, 0.2) is 2.14 Å². The molecule has 2 aromatic rings. The molecule has 0 heterocycles. The first-order valence-corrected chi connectivity index (χ1v) is 10.3. The van der Waals surface area contributed by atoms with Crippen LogP contribution in [0.4, 0.5) is 0 Å². The van der Waals surface area contributed by atoms with E-state index in [-0.39, 0.29) is 0 Å². The summed E-state index contributed by atoms with van der Waals surface area (Å²) in [7, 11) is 0. The molecule has 0 aliphatic carbocycles. The van der Waals surface area contributed by atoms with Gasteiger partial charge in [0.25, 0.3) is 0 Å². The van der Waals surface area contributed by atoms with E-state index in [0.29, 0.717) is 0 Å². The lowest BCUT2D eigenvalue weighted by Gasteiger charge is -2.37. The Kier molecular flexibility index (Phi) is 6.04. The molecule has 0 saturated carbocycles. The maximum Gasteiger partial charge on any atom is 0.158 e. The highest BCUT2D eigenvalue weighted by atomic mass is 80.0. The summed E-state index contributed by atoms with van der Waals surface area (Å²) in [6.07, 6.45) is 0. The highest BCUT2D eigenvalue weighted by molar-refractivity contribution is 9.40. The van der Waals surface area contributed by atoms with Crippen LogP contribution in [0.2, 0.25) is 0 Å². The van der Waals surface area contributed by atoms with Gasteiger partial charge in [0.05, 0.1) is 0 Å². The lowest BCUT2D eigenvalue weighted by molar-refractivity contribution is 0.826. The third-order valence-corrected chi connectivity index (χ3v) is 9.79. The molecule has 6 heteroatoms. The molecule has 0 spiro atoms. The second-order valence-corrected chi connectivity index (χ2v) is 13.7. The average Bonchev–Trinajstić information content (AvgIpc) is 2.41. The summed E-state index contributed by atoms with van der Waals surface area (Å²) in [4.78, 5) is 0. The van der Waals surface area contributed by atoms with E-state index < -0.39 is 6.47 Å². The van der Waals surface area contributed by atoms with Gasteiger partial charge in [-0.25, -0.2) is 0 Å². The fraction of sp³-hybridized carbons (Fsp3) is 0.143. The largest absolute Gasteiger partial charge is 0.158 e. The van der Waals surface area contributed by atoms with Crippen molar-refractivity contribution in [1.29, 1.82) is 0 Å². The van der Waals surface area contributed by atoms with Gasteiger partial charge >= 0.3 is 0 Å². The molecule has 2 aromatic carbocycles. The van der Waals surface area contributed by atoms with E-state index in [1.165, 1.54) is 0 Å². The molecule has 2 rings (SSSR count). The van der Waals surface area contributed by atoms with Crippen LogP contribution in [-0.2, 0) is 4.32 Å². The minimum Gasteiger partial charge on any atom is -0.0713 e. The van der Waals surface area contributed by atoms with Gasteiger partial charge in [-0.1, -0.05) is 106 Å². The fourth-order valence-corrected chi connectivity index (χ4v) is 5.03. The zero-order valence-corrected chi connectivity index (χ0v) is 19.4. The van der Waals surface area contributed by atoms with Crippen molar-refractivity contribution < 1.29 is 0 Å². The molecule has 0 amide bonds. The van der Waals surface area contributed by atoms with E-state index in [4.69, 9.17) is 0 Å². The summed E-state index contributed by atoms with van der Waals surface area (Å²) < 4.78 is 0.948. The van der Waals surface area contributed by atoms with Crippen molar-refractivity contribution >= 4 is 95.6 Å². The minimum absolute atomic E-state index is 0.510. The second-order valence-electron chi connectivity index (χ2n) is 4.12. The lowest BCUT2D eigenvalue weighted by Crippen LogP contribution is -2.34. The molecule has 0 nitrogen and oxygen atoms in total. The molecule has 0 bridgehead atoms. The van der Waals surface area contributed by atoms with Crippen molar-refractivity contribution in [3.8, 4) is 0 Å². The van der Waals surface area contributed by atoms with Gasteiger partial charge in [0.1, 0.15) is 4.32 Å². The molecule has 20 heavy (non-hydrogen) atoms. The zero-order chi connectivity index (χ0) is 15.0. The fourth-order valence-electron chi connectivity index (χ4n) is 1.91.